The molecule has 5 nitrogen and oxygen atoms in total. The fourth-order valence-electron chi connectivity index (χ4n) is 2.55. The Kier molecular flexibility index (Phi) is 5.05. The van der Waals surface area contributed by atoms with Crippen LogP contribution in [0.5, 0.6) is 5.75 Å². The first-order chi connectivity index (χ1) is 12.1. The van der Waals surface area contributed by atoms with E-state index >= 15 is 0 Å². The molecule has 1 N–H and O–H groups in total. The first-order valence-corrected chi connectivity index (χ1v) is 8.18. The Morgan fingerprint density at radius 2 is 2.04 bits per heavy atom. The van der Waals surface area contributed by atoms with Gasteiger partial charge in [0.1, 0.15) is 5.75 Å². The van der Waals surface area contributed by atoms with Gasteiger partial charge in [-0.2, -0.15) is 0 Å². The quantitative estimate of drug-likeness (QED) is 0.756. The van der Waals surface area contributed by atoms with Gasteiger partial charge in [0, 0.05) is 24.0 Å². The molecule has 128 valence electrons. The van der Waals surface area contributed by atoms with Crippen LogP contribution >= 0.6 is 11.6 Å². The van der Waals surface area contributed by atoms with Crippen molar-refractivity contribution in [3.05, 3.63) is 81.4 Å². The average Bonchev–Trinajstić information content (AvgIpc) is 2.64. The fraction of sp³-hybridized carbons (Fsp3) is 0.158. The van der Waals surface area contributed by atoms with Crippen molar-refractivity contribution < 1.29 is 4.74 Å². The second kappa shape index (κ2) is 7.40. The van der Waals surface area contributed by atoms with Gasteiger partial charge in [0.05, 0.1) is 12.8 Å². The minimum atomic E-state index is -0.226. The second-order valence-electron chi connectivity index (χ2n) is 5.54. The van der Waals surface area contributed by atoms with Crippen molar-refractivity contribution in [2.75, 3.05) is 12.4 Å². The number of rotatable bonds is 5. The van der Waals surface area contributed by atoms with Gasteiger partial charge >= 0.3 is 0 Å². The van der Waals surface area contributed by atoms with E-state index in [-0.39, 0.29) is 11.4 Å². The molecule has 0 fully saturated rings. The molecule has 0 saturated heterocycles. The van der Waals surface area contributed by atoms with Crippen molar-refractivity contribution in [2.24, 2.45) is 0 Å². The van der Waals surface area contributed by atoms with Crippen molar-refractivity contribution >= 4 is 17.4 Å². The first-order valence-electron chi connectivity index (χ1n) is 7.80. The molecule has 0 aliphatic rings. The summed E-state index contributed by atoms with van der Waals surface area (Å²) >= 11 is 6.17. The molecule has 0 aliphatic heterocycles. The Hall–Kier alpha value is -2.79. The van der Waals surface area contributed by atoms with Crippen molar-refractivity contribution in [1.29, 1.82) is 0 Å². The van der Waals surface area contributed by atoms with Crippen LogP contribution in [0.15, 0.2) is 59.7 Å². The highest BCUT2D eigenvalue weighted by Crippen LogP contribution is 2.21. The number of ether oxygens (including phenoxy) is 1. The summed E-state index contributed by atoms with van der Waals surface area (Å²) in [4.78, 5) is 16.9. The van der Waals surface area contributed by atoms with E-state index in [1.54, 1.807) is 30.1 Å². The maximum atomic E-state index is 12.7. The number of nitrogens with zero attached hydrogens (tertiary/aromatic N) is 2. The summed E-state index contributed by atoms with van der Waals surface area (Å²) in [5, 5.41) is 3.71. The van der Waals surface area contributed by atoms with Crippen molar-refractivity contribution in [2.45, 2.75) is 13.5 Å². The standard InChI is InChI=1S/C19H18ClN3O2/c1-13-16(20)7-4-8-17(13)23-10-9-21-18(19(23)24)22-12-14-5-3-6-15(11-14)25-2/h3-11H,12H2,1-2H3,(H,21,22). The van der Waals surface area contributed by atoms with Crippen LogP contribution in [0.3, 0.4) is 0 Å². The second-order valence-corrected chi connectivity index (χ2v) is 5.95. The summed E-state index contributed by atoms with van der Waals surface area (Å²) < 4.78 is 6.75. The Morgan fingerprint density at radius 1 is 1.24 bits per heavy atom. The van der Waals surface area contributed by atoms with Crippen LogP contribution in [-0.2, 0) is 6.54 Å². The van der Waals surface area contributed by atoms with Crippen molar-refractivity contribution in [1.82, 2.24) is 9.55 Å². The lowest BCUT2D eigenvalue weighted by Crippen LogP contribution is -2.23. The molecule has 0 aliphatic carbocycles. The predicted octanol–water partition coefficient (Wildman–Crippen LogP) is 3.82. The lowest BCUT2D eigenvalue weighted by atomic mass is 10.2. The Balaban J connectivity index is 1.89. The van der Waals surface area contributed by atoms with Crippen LogP contribution < -0.4 is 15.6 Å². The number of methoxy groups -OCH3 is 1. The third-order valence-corrected chi connectivity index (χ3v) is 4.34. The summed E-state index contributed by atoms with van der Waals surface area (Å²) in [6, 6.07) is 13.1. The van der Waals surface area contributed by atoms with Crippen LogP contribution in [-0.4, -0.2) is 16.7 Å². The number of hydrogen-bond donors (Lipinski definition) is 1. The lowest BCUT2D eigenvalue weighted by Gasteiger charge is -2.12. The third kappa shape index (κ3) is 3.67. The van der Waals surface area contributed by atoms with Crippen LogP contribution in [0, 0.1) is 6.92 Å². The van der Waals surface area contributed by atoms with Crippen molar-refractivity contribution in [3.63, 3.8) is 0 Å². The van der Waals surface area contributed by atoms with E-state index in [9.17, 15) is 4.79 Å². The number of hydrogen-bond acceptors (Lipinski definition) is 4. The number of halogens is 1. The van der Waals surface area contributed by atoms with Gasteiger partial charge in [0.2, 0.25) is 0 Å². The molecule has 3 rings (SSSR count). The topological polar surface area (TPSA) is 56.1 Å². The smallest absolute Gasteiger partial charge is 0.297 e. The van der Waals surface area contributed by atoms with E-state index in [2.05, 4.69) is 10.3 Å². The van der Waals surface area contributed by atoms with E-state index in [1.165, 1.54) is 0 Å². The highest BCUT2D eigenvalue weighted by atomic mass is 35.5. The molecule has 0 amide bonds. The highest BCUT2D eigenvalue weighted by molar-refractivity contribution is 6.31. The summed E-state index contributed by atoms with van der Waals surface area (Å²) in [6.07, 6.45) is 3.23. The van der Waals surface area contributed by atoms with Gasteiger partial charge < -0.3 is 10.1 Å². The zero-order valence-electron chi connectivity index (χ0n) is 14.0. The van der Waals surface area contributed by atoms with Crippen LogP contribution in [0.4, 0.5) is 5.82 Å². The maximum Gasteiger partial charge on any atom is 0.297 e. The number of benzene rings is 2. The minimum Gasteiger partial charge on any atom is -0.497 e. The first kappa shape index (κ1) is 17.0. The van der Waals surface area contributed by atoms with Crippen LogP contribution in [0.1, 0.15) is 11.1 Å². The van der Waals surface area contributed by atoms with Gasteiger partial charge in [-0.3, -0.25) is 9.36 Å². The van der Waals surface area contributed by atoms with Crippen molar-refractivity contribution in [3.8, 4) is 11.4 Å². The van der Waals surface area contributed by atoms with Gasteiger partial charge in [-0.05, 0) is 42.3 Å². The Labute approximate surface area is 150 Å². The minimum absolute atomic E-state index is 0.226. The number of nitrogens with one attached hydrogen (secondary N) is 1. The zero-order chi connectivity index (χ0) is 17.8. The fourth-order valence-corrected chi connectivity index (χ4v) is 2.72. The molecule has 0 spiro atoms. The van der Waals surface area contributed by atoms with E-state index < -0.39 is 0 Å². The normalized spacial score (nSPS) is 10.5. The summed E-state index contributed by atoms with van der Waals surface area (Å²) in [5.41, 5.74) is 2.35. The highest BCUT2D eigenvalue weighted by Gasteiger charge is 2.10. The lowest BCUT2D eigenvalue weighted by molar-refractivity contribution is 0.414. The predicted molar refractivity (Wildman–Crippen MR) is 99.9 cm³/mol. The third-order valence-electron chi connectivity index (χ3n) is 3.93. The van der Waals surface area contributed by atoms with Gasteiger partial charge in [-0.15, -0.1) is 0 Å². The van der Waals surface area contributed by atoms with E-state index in [0.717, 1.165) is 22.6 Å². The Bertz CT molecular complexity index is 953. The molecule has 0 bridgehead atoms. The monoisotopic (exact) mass is 355 g/mol. The van der Waals surface area contributed by atoms with Crippen LogP contribution in [0.25, 0.3) is 5.69 Å². The molecular weight excluding hydrogens is 338 g/mol. The summed E-state index contributed by atoms with van der Waals surface area (Å²) in [7, 11) is 1.62. The molecule has 1 aromatic heterocycles. The maximum absolute atomic E-state index is 12.7. The number of aromatic nitrogens is 2. The summed E-state index contributed by atoms with van der Waals surface area (Å²) in [6.45, 7) is 2.35. The molecule has 1 heterocycles. The van der Waals surface area contributed by atoms with Gasteiger partial charge in [0.15, 0.2) is 5.82 Å². The largest absolute Gasteiger partial charge is 0.497 e. The Morgan fingerprint density at radius 3 is 2.84 bits per heavy atom. The van der Waals surface area contributed by atoms with E-state index in [4.69, 9.17) is 16.3 Å². The SMILES string of the molecule is COc1cccc(CNc2nccn(-c3cccc(Cl)c3C)c2=O)c1. The van der Waals surface area contributed by atoms with Gasteiger partial charge in [-0.25, -0.2) is 4.98 Å². The molecule has 25 heavy (non-hydrogen) atoms. The molecule has 2 aromatic carbocycles. The molecular formula is C19H18ClN3O2. The molecule has 0 radical (unpaired) electrons. The van der Waals surface area contributed by atoms with E-state index in [0.29, 0.717) is 11.6 Å². The zero-order valence-corrected chi connectivity index (χ0v) is 14.7. The molecule has 3 aromatic rings. The molecule has 0 atom stereocenters. The molecule has 6 heteroatoms. The van der Waals surface area contributed by atoms with Crippen LogP contribution in [0.2, 0.25) is 5.02 Å². The molecule has 0 unspecified atom stereocenters. The van der Waals surface area contributed by atoms with Gasteiger partial charge in [-0.1, -0.05) is 29.8 Å². The van der Waals surface area contributed by atoms with Gasteiger partial charge in [0.25, 0.3) is 5.56 Å². The average molecular weight is 356 g/mol. The number of anilines is 1. The van der Waals surface area contributed by atoms with E-state index in [1.807, 2.05) is 43.3 Å². The summed E-state index contributed by atoms with van der Waals surface area (Å²) in [5.74, 6) is 1.05. The molecule has 0 saturated carbocycles.